The Morgan fingerprint density at radius 3 is 2.38 bits per heavy atom. The molecular weight excluding hydrogens is 333 g/mol. The molecule has 0 aliphatic carbocycles. The number of rotatable bonds is 7. The summed E-state index contributed by atoms with van der Waals surface area (Å²) >= 11 is 0. The molecule has 1 aromatic rings. The van der Waals surface area contributed by atoms with Crippen LogP contribution in [0.3, 0.4) is 0 Å². The van der Waals surface area contributed by atoms with E-state index >= 15 is 0 Å². The highest BCUT2D eigenvalue weighted by Crippen LogP contribution is 2.07. The van der Waals surface area contributed by atoms with Gasteiger partial charge in [0.25, 0.3) is 0 Å². The lowest BCUT2D eigenvalue weighted by Crippen LogP contribution is -2.51. The first-order chi connectivity index (χ1) is 11.4. The molecule has 134 valence electrons. The third-order valence-corrected chi connectivity index (χ3v) is 5.99. The lowest BCUT2D eigenvalue weighted by molar-refractivity contribution is -0.122. The third-order valence-electron chi connectivity index (χ3n) is 4.11. The molecule has 2 rings (SSSR count). The van der Waals surface area contributed by atoms with E-state index in [0.717, 1.165) is 5.56 Å². The maximum absolute atomic E-state index is 12.8. The molecule has 0 atom stereocenters. The van der Waals surface area contributed by atoms with Gasteiger partial charge in [-0.15, -0.1) is 0 Å². The number of hydrogen-bond donors (Lipinski definition) is 1. The quantitative estimate of drug-likeness (QED) is 0.769. The minimum absolute atomic E-state index is 0.0797. The van der Waals surface area contributed by atoms with Gasteiger partial charge in [0.1, 0.15) is 5.82 Å². The van der Waals surface area contributed by atoms with Crippen molar-refractivity contribution in [2.24, 2.45) is 0 Å². The molecular formula is C16H24FN3O3S. The van der Waals surface area contributed by atoms with Crippen LogP contribution < -0.4 is 5.32 Å². The van der Waals surface area contributed by atoms with Crippen molar-refractivity contribution < 1.29 is 17.6 Å². The van der Waals surface area contributed by atoms with Gasteiger partial charge in [0.05, 0.1) is 12.3 Å². The maximum Gasteiger partial charge on any atom is 0.234 e. The molecule has 8 heteroatoms. The van der Waals surface area contributed by atoms with E-state index in [-0.39, 0.29) is 24.0 Å². The average molecular weight is 357 g/mol. The van der Waals surface area contributed by atoms with Crippen molar-refractivity contribution in [2.75, 3.05) is 45.0 Å². The van der Waals surface area contributed by atoms with Gasteiger partial charge in [-0.25, -0.2) is 12.8 Å². The molecule has 1 heterocycles. The summed E-state index contributed by atoms with van der Waals surface area (Å²) in [6, 6.07) is 6.21. The SMILES string of the molecule is CCS(=O)(=O)N1CCN(CC(=O)NCCc2ccc(F)cc2)CC1. The van der Waals surface area contributed by atoms with E-state index in [1.165, 1.54) is 16.4 Å². The number of amides is 1. The first kappa shape index (κ1) is 18.8. The first-order valence-corrected chi connectivity index (χ1v) is 9.73. The second kappa shape index (κ2) is 8.55. The second-order valence-electron chi connectivity index (χ2n) is 5.80. The van der Waals surface area contributed by atoms with Crippen molar-refractivity contribution in [1.29, 1.82) is 0 Å². The van der Waals surface area contributed by atoms with Gasteiger partial charge >= 0.3 is 0 Å². The van der Waals surface area contributed by atoms with Crippen LogP contribution in [0.2, 0.25) is 0 Å². The number of benzene rings is 1. The van der Waals surface area contributed by atoms with Crippen LogP contribution in [0.1, 0.15) is 12.5 Å². The molecule has 1 amide bonds. The lowest BCUT2D eigenvalue weighted by atomic mass is 10.1. The highest BCUT2D eigenvalue weighted by molar-refractivity contribution is 7.89. The molecule has 0 spiro atoms. The van der Waals surface area contributed by atoms with E-state index in [1.807, 2.05) is 4.90 Å². The van der Waals surface area contributed by atoms with E-state index in [1.54, 1.807) is 19.1 Å². The van der Waals surface area contributed by atoms with Crippen LogP contribution in [0.4, 0.5) is 4.39 Å². The highest BCUT2D eigenvalue weighted by atomic mass is 32.2. The van der Waals surface area contributed by atoms with Crippen LogP contribution in [0.15, 0.2) is 24.3 Å². The fourth-order valence-electron chi connectivity index (χ4n) is 2.60. The average Bonchev–Trinajstić information content (AvgIpc) is 2.57. The van der Waals surface area contributed by atoms with Gasteiger partial charge in [0, 0.05) is 32.7 Å². The summed E-state index contributed by atoms with van der Waals surface area (Å²) in [5.74, 6) is -0.243. The van der Waals surface area contributed by atoms with Gasteiger partial charge in [0.2, 0.25) is 15.9 Å². The summed E-state index contributed by atoms with van der Waals surface area (Å²) in [6.07, 6.45) is 0.647. The van der Waals surface area contributed by atoms with Crippen LogP contribution >= 0.6 is 0 Å². The van der Waals surface area contributed by atoms with E-state index < -0.39 is 10.0 Å². The summed E-state index contributed by atoms with van der Waals surface area (Å²) in [5, 5.41) is 2.84. The lowest BCUT2D eigenvalue weighted by Gasteiger charge is -2.33. The zero-order chi connectivity index (χ0) is 17.6. The van der Waals surface area contributed by atoms with Gasteiger partial charge in [-0.2, -0.15) is 4.31 Å². The molecule has 24 heavy (non-hydrogen) atoms. The van der Waals surface area contributed by atoms with Gasteiger partial charge in [-0.1, -0.05) is 12.1 Å². The van der Waals surface area contributed by atoms with Crippen molar-refractivity contribution in [1.82, 2.24) is 14.5 Å². The number of halogens is 1. The molecule has 6 nitrogen and oxygen atoms in total. The minimum Gasteiger partial charge on any atom is -0.355 e. The topological polar surface area (TPSA) is 69.7 Å². The molecule has 0 aromatic heterocycles. The summed E-state index contributed by atoms with van der Waals surface area (Å²) in [5.41, 5.74) is 0.968. The normalized spacial score (nSPS) is 16.9. The molecule has 1 saturated heterocycles. The second-order valence-corrected chi connectivity index (χ2v) is 8.06. The smallest absolute Gasteiger partial charge is 0.234 e. The Balaban J connectivity index is 1.67. The molecule has 0 unspecified atom stereocenters. The van der Waals surface area contributed by atoms with Crippen molar-refractivity contribution in [3.05, 3.63) is 35.6 Å². The third kappa shape index (κ3) is 5.54. The summed E-state index contributed by atoms with van der Waals surface area (Å²) in [4.78, 5) is 13.9. The molecule has 1 N–H and O–H groups in total. The Morgan fingerprint density at radius 2 is 1.79 bits per heavy atom. The molecule has 1 fully saturated rings. The molecule has 0 radical (unpaired) electrons. The Kier molecular flexibility index (Phi) is 6.70. The predicted octanol–water partition coefficient (Wildman–Crippen LogP) is 0.452. The number of nitrogens with zero attached hydrogens (tertiary/aromatic N) is 2. The summed E-state index contributed by atoms with van der Waals surface area (Å²) < 4.78 is 37.9. The monoisotopic (exact) mass is 357 g/mol. The van der Waals surface area contributed by atoms with Crippen molar-refractivity contribution >= 4 is 15.9 Å². The predicted molar refractivity (Wildman–Crippen MR) is 90.6 cm³/mol. The Hall–Kier alpha value is -1.51. The maximum atomic E-state index is 12.8. The van der Waals surface area contributed by atoms with Crippen LogP contribution in [-0.4, -0.2) is 68.6 Å². The Bertz CT molecular complexity index is 641. The Morgan fingerprint density at radius 1 is 1.17 bits per heavy atom. The van der Waals surface area contributed by atoms with Crippen molar-refractivity contribution in [3.63, 3.8) is 0 Å². The standard InChI is InChI=1S/C16H24FN3O3S/c1-2-24(22,23)20-11-9-19(10-12-20)13-16(21)18-8-7-14-3-5-15(17)6-4-14/h3-6H,2,7-13H2,1H3,(H,18,21). The van der Waals surface area contributed by atoms with Crippen LogP contribution in [0, 0.1) is 5.82 Å². The fraction of sp³-hybridized carbons (Fsp3) is 0.562. The Labute approximate surface area is 142 Å². The van der Waals surface area contributed by atoms with Crippen LogP contribution in [0.25, 0.3) is 0 Å². The number of nitrogens with one attached hydrogen (secondary N) is 1. The number of sulfonamides is 1. The number of carbonyl (C=O) groups is 1. The highest BCUT2D eigenvalue weighted by Gasteiger charge is 2.26. The number of piperazine rings is 1. The molecule has 1 aliphatic rings. The molecule has 1 aliphatic heterocycles. The van der Waals surface area contributed by atoms with Gasteiger partial charge in [-0.05, 0) is 31.0 Å². The number of carbonyl (C=O) groups excluding carboxylic acids is 1. The molecule has 1 aromatic carbocycles. The number of hydrogen-bond acceptors (Lipinski definition) is 4. The van der Waals surface area contributed by atoms with E-state index in [9.17, 15) is 17.6 Å². The van der Waals surface area contributed by atoms with Crippen LogP contribution in [-0.2, 0) is 21.2 Å². The van der Waals surface area contributed by atoms with Crippen molar-refractivity contribution in [2.45, 2.75) is 13.3 Å². The fourth-order valence-corrected chi connectivity index (χ4v) is 3.69. The van der Waals surface area contributed by atoms with Gasteiger partial charge < -0.3 is 5.32 Å². The summed E-state index contributed by atoms with van der Waals surface area (Å²) in [6.45, 7) is 4.38. The summed E-state index contributed by atoms with van der Waals surface area (Å²) in [7, 11) is -3.14. The molecule has 0 saturated carbocycles. The van der Waals surface area contributed by atoms with E-state index in [4.69, 9.17) is 0 Å². The van der Waals surface area contributed by atoms with Crippen molar-refractivity contribution in [3.8, 4) is 0 Å². The van der Waals surface area contributed by atoms with Gasteiger partial charge in [-0.3, -0.25) is 9.69 Å². The first-order valence-electron chi connectivity index (χ1n) is 8.12. The van der Waals surface area contributed by atoms with Crippen LogP contribution in [0.5, 0.6) is 0 Å². The van der Waals surface area contributed by atoms with E-state index in [0.29, 0.717) is 39.1 Å². The van der Waals surface area contributed by atoms with Gasteiger partial charge in [0.15, 0.2) is 0 Å². The largest absolute Gasteiger partial charge is 0.355 e. The zero-order valence-electron chi connectivity index (χ0n) is 13.9. The molecule has 0 bridgehead atoms. The minimum atomic E-state index is -3.14. The zero-order valence-corrected chi connectivity index (χ0v) is 14.7. The van der Waals surface area contributed by atoms with E-state index in [2.05, 4.69) is 5.32 Å².